The third-order valence-corrected chi connectivity index (χ3v) is 18.3. The number of ether oxygens (including phenoxy) is 9. The Morgan fingerprint density at radius 2 is 0.625 bits per heavy atom. The molecule has 24 heteroatoms. The fraction of sp³-hybridized carbons (Fsp3) is 0.318. The number of hydrogen-bond donors (Lipinski definition) is 7. The quantitative estimate of drug-likeness (QED) is 0.0178. The van der Waals surface area contributed by atoms with E-state index < -0.39 is 35.4 Å². The number of nitrogens with two attached hydrogens (primary N) is 1. The maximum absolute atomic E-state index is 15.0. The molecule has 0 saturated heterocycles. The Kier molecular flexibility index (Phi) is 34.1. The number of unbranched alkanes of at least 4 members (excludes halogenated alkanes) is 2. The summed E-state index contributed by atoms with van der Waals surface area (Å²) in [6.45, 7) is 4.87. The lowest BCUT2D eigenvalue weighted by molar-refractivity contribution is 0.0196. The summed E-state index contributed by atoms with van der Waals surface area (Å²) in [4.78, 5) is 92.9. The summed E-state index contributed by atoms with van der Waals surface area (Å²) in [6, 6.07) is 65.9. The van der Waals surface area contributed by atoms with Crippen molar-refractivity contribution >= 4 is 35.4 Å². The molecule has 9 aromatic carbocycles. The van der Waals surface area contributed by atoms with Crippen LogP contribution in [0.15, 0.2) is 218 Å². The van der Waals surface area contributed by atoms with Gasteiger partial charge in [0.05, 0.1) is 66.4 Å². The van der Waals surface area contributed by atoms with Crippen molar-refractivity contribution < 1.29 is 71.4 Å². The summed E-state index contributed by atoms with van der Waals surface area (Å²) in [6.07, 6.45) is 2.36. The van der Waals surface area contributed by atoms with Crippen molar-refractivity contribution in [1.29, 1.82) is 0 Å². The summed E-state index contributed by atoms with van der Waals surface area (Å²) in [5.74, 6) is -2.69. The van der Waals surface area contributed by atoms with Crippen LogP contribution in [0.3, 0.4) is 0 Å². The molecule has 1 aliphatic heterocycles. The molecule has 588 valence electrons. The molecule has 0 fully saturated rings. The second-order valence-corrected chi connectivity index (χ2v) is 26.4. The molecule has 0 saturated carbocycles. The lowest BCUT2D eigenvalue weighted by Crippen LogP contribution is -2.43. The average molecular weight is 1520 g/mol. The monoisotopic (exact) mass is 1520 g/mol. The lowest BCUT2D eigenvalue weighted by atomic mass is 10.1. The fourth-order valence-electron chi connectivity index (χ4n) is 12.2. The fourth-order valence-corrected chi connectivity index (χ4v) is 12.2. The minimum absolute atomic E-state index is 0.0106. The highest BCUT2D eigenvalue weighted by atomic mass is 16.5. The number of benzene rings is 9. The number of rotatable bonds is 37. The van der Waals surface area contributed by atoms with Crippen LogP contribution in [-0.2, 0) is 53.9 Å². The van der Waals surface area contributed by atoms with E-state index in [1.807, 2.05) is 192 Å². The van der Waals surface area contributed by atoms with Gasteiger partial charge in [0.25, 0.3) is 35.4 Å². The predicted octanol–water partition coefficient (Wildman–Crippen LogP) is 10.4. The van der Waals surface area contributed by atoms with Crippen LogP contribution in [-0.4, -0.2) is 170 Å². The molecule has 0 atom stereocenters. The molecule has 0 unspecified atom stereocenters. The highest BCUT2D eigenvalue weighted by Gasteiger charge is 2.30. The van der Waals surface area contributed by atoms with E-state index in [0.29, 0.717) is 72.2 Å². The van der Waals surface area contributed by atoms with Gasteiger partial charge in [-0.05, 0) is 89.2 Å². The van der Waals surface area contributed by atoms with Crippen molar-refractivity contribution in [3.8, 4) is 34.5 Å². The molecular weight excluding hydrogens is 1420 g/mol. The van der Waals surface area contributed by atoms with Crippen molar-refractivity contribution in [3.05, 3.63) is 285 Å². The first-order valence-electron chi connectivity index (χ1n) is 38.0. The van der Waals surface area contributed by atoms with Crippen molar-refractivity contribution in [1.82, 2.24) is 41.7 Å². The van der Waals surface area contributed by atoms with Crippen LogP contribution >= 0.6 is 0 Å². The number of nitrogens with one attached hydrogen (secondary N) is 6. The minimum Gasteiger partial charge on any atom is -0.484 e. The van der Waals surface area contributed by atoms with Crippen molar-refractivity contribution in [2.24, 2.45) is 5.73 Å². The van der Waals surface area contributed by atoms with Gasteiger partial charge in [0.15, 0.2) is 34.5 Å². The van der Waals surface area contributed by atoms with Gasteiger partial charge in [0, 0.05) is 85.6 Å². The molecule has 6 amide bonds. The van der Waals surface area contributed by atoms with Crippen molar-refractivity contribution in [2.45, 2.75) is 58.9 Å². The first-order valence-corrected chi connectivity index (χ1v) is 38.0. The number of nitrogens with zero attached hydrogens (tertiary/aromatic N) is 2. The largest absolute Gasteiger partial charge is 0.484 e. The van der Waals surface area contributed by atoms with Gasteiger partial charge in [-0.3, -0.25) is 38.6 Å². The molecular formula is C88H101N9O15. The van der Waals surface area contributed by atoms with Gasteiger partial charge < -0.3 is 80.3 Å². The highest BCUT2D eigenvalue weighted by molar-refractivity contribution is 6.05. The Balaban J connectivity index is 0.983. The number of carbonyl (C=O) groups excluding carboxylic acids is 6. The molecule has 112 heavy (non-hydrogen) atoms. The van der Waals surface area contributed by atoms with E-state index in [-0.39, 0.29) is 160 Å². The molecule has 4 bridgehead atoms. The third kappa shape index (κ3) is 26.3. The molecule has 10 rings (SSSR count). The Morgan fingerprint density at radius 3 is 0.938 bits per heavy atom. The molecule has 9 aromatic rings. The highest BCUT2D eigenvalue weighted by Crippen LogP contribution is 2.40. The third-order valence-electron chi connectivity index (χ3n) is 18.3. The maximum Gasteiger partial charge on any atom is 0.255 e. The van der Waals surface area contributed by atoms with Gasteiger partial charge in [0.1, 0.15) is 39.6 Å². The number of fused-ring (bicyclic) bond motifs is 6. The minimum atomic E-state index is -0.539. The van der Waals surface area contributed by atoms with E-state index in [1.54, 1.807) is 43.5 Å². The van der Waals surface area contributed by atoms with E-state index in [4.69, 9.17) is 48.4 Å². The smallest absolute Gasteiger partial charge is 0.255 e. The van der Waals surface area contributed by atoms with Crippen LogP contribution < -0.4 is 66.1 Å². The molecule has 0 radical (unpaired) electrons. The topological polar surface area (TPSA) is 290 Å². The van der Waals surface area contributed by atoms with E-state index in [0.717, 1.165) is 46.2 Å². The second-order valence-electron chi connectivity index (χ2n) is 26.4. The predicted molar refractivity (Wildman–Crippen MR) is 427 cm³/mol. The normalized spacial score (nSPS) is 13.4. The van der Waals surface area contributed by atoms with E-state index in [9.17, 15) is 19.2 Å². The number of carbonyl (C=O) groups is 6. The van der Waals surface area contributed by atoms with Crippen LogP contribution in [0.25, 0.3) is 0 Å². The standard InChI is InChI=1S/C88H101N9O15/c1-104-55-56-106-58-57-105-54-53-97-51-46-94-87(102)75-39-37-73(79(109-61-67-27-13-4-14-28-67)81(75)111-63-69-31-17-6-18-32-69)85(100)92-44-49-96(50-45-93-86(101)74-38-40-76(88(103)95-47-52-97)82(112-64-70-33-19-7-20-34-70)80(74)110-62-68-29-15-5-16-30-68)48-43-91-84(99)72-36-35-71(83(98)90-42-22-8-21-41-89)77(107-59-65-23-9-2-10-24-65)78(72)108-60-66-25-11-3-12-26-66/h2-7,9-20,23-40H,8,21-22,41-64,89H2,1H3,(H,90,98)(H,91,99)(H,92,100)(H,93,101)(H,94,102)(H,95,103). The Morgan fingerprint density at radius 1 is 0.339 bits per heavy atom. The Bertz CT molecular complexity index is 4220. The van der Waals surface area contributed by atoms with Crippen LogP contribution in [0.5, 0.6) is 34.5 Å². The SMILES string of the molecule is COCCOCCOCCN1CCNC(=O)c2ccc(c(OCc3ccccc3)c2OCc2ccccc2)C(=O)NCCN(CCNC(=O)c2ccc(C(=O)NCCCCCN)c(OCc3ccccc3)c2OCc2ccccc2)CCNC(=O)c2ccc(c(OCc3ccccc3)c2OCc2ccccc2)C(=O)NCC1. The first-order chi connectivity index (χ1) is 55.0. The average Bonchev–Trinajstić information content (AvgIpc) is 0.804. The van der Waals surface area contributed by atoms with Gasteiger partial charge >= 0.3 is 0 Å². The van der Waals surface area contributed by atoms with Crippen molar-refractivity contribution in [3.63, 3.8) is 0 Å². The van der Waals surface area contributed by atoms with Crippen LogP contribution in [0.1, 0.15) is 115 Å². The zero-order valence-electron chi connectivity index (χ0n) is 63.5. The van der Waals surface area contributed by atoms with Gasteiger partial charge in [-0.1, -0.05) is 188 Å². The Labute approximate surface area is 654 Å². The van der Waals surface area contributed by atoms with Gasteiger partial charge in [-0.15, -0.1) is 0 Å². The zero-order chi connectivity index (χ0) is 78.2. The second kappa shape index (κ2) is 46.1. The lowest BCUT2D eigenvalue weighted by Gasteiger charge is -2.25. The van der Waals surface area contributed by atoms with E-state index in [1.165, 1.54) is 0 Å². The summed E-state index contributed by atoms with van der Waals surface area (Å²) in [5.41, 5.74) is 11.3. The molecule has 24 nitrogen and oxygen atoms in total. The maximum atomic E-state index is 15.0. The molecule has 0 spiro atoms. The molecule has 0 aromatic heterocycles. The van der Waals surface area contributed by atoms with Gasteiger partial charge in [-0.2, -0.15) is 0 Å². The number of amides is 6. The van der Waals surface area contributed by atoms with Crippen LogP contribution in [0.4, 0.5) is 0 Å². The van der Waals surface area contributed by atoms with E-state index in [2.05, 4.69) is 31.9 Å². The first kappa shape index (κ1) is 82.8. The summed E-state index contributed by atoms with van der Waals surface area (Å²) >= 11 is 0. The summed E-state index contributed by atoms with van der Waals surface area (Å²) in [5, 5.41) is 18.5. The molecule has 1 aliphatic rings. The molecule has 0 aliphatic carbocycles. The molecule has 1 heterocycles. The summed E-state index contributed by atoms with van der Waals surface area (Å²) < 4.78 is 56.4. The number of methoxy groups -OCH3 is 1. The molecule has 8 N–H and O–H groups in total. The Hall–Kier alpha value is -11.6. The summed E-state index contributed by atoms with van der Waals surface area (Å²) in [7, 11) is 1.61. The van der Waals surface area contributed by atoms with Crippen molar-refractivity contribution in [2.75, 3.05) is 125 Å². The van der Waals surface area contributed by atoms with Gasteiger partial charge in [-0.25, -0.2) is 0 Å². The van der Waals surface area contributed by atoms with Crippen LogP contribution in [0.2, 0.25) is 0 Å². The van der Waals surface area contributed by atoms with Crippen LogP contribution in [0, 0.1) is 0 Å². The van der Waals surface area contributed by atoms with E-state index >= 15 is 9.59 Å². The zero-order valence-corrected chi connectivity index (χ0v) is 63.5. The number of hydrogen-bond acceptors (Lipinski definition) is 18. The van der Waals surface area contributed by atoms with Gasteiger partial charge in [0.2, 0.25) is 0 Å².